The van der Waals surface area contributed by atoms with Crippen molar-refractivity contribution in [2.75, 3.05) is 12.4 Å². The van der Waals surface area contributed by atoms with Crippen LogP contribution in [0.25, 0.3) is 11.5 Å². The summed E-state index contributed by atoms with van der Waals surface area (Å²) in [5.41, 5.74) is 0.715. The third-order valence-corrected chi connectivity index (χ3v) is 2.96. The predicted molar refractivity (Wildman–Crippen MR) is 62.6 cm³/mol. The fourth-order valence-electron chi connectivity index (χ4n) is 1.14. The zero-order valence-corrected chi connectivity index (χ0v) is 9.83. The molecule has 16 heavy (non-hydrogen) atoms. The smallest absolute Gasteiger partial charge is 0.276 e. The molecular weight excluding hydrogens is 248 g/mol. The molecule has 4 nitrogen and oxygen atoms in total. The number of thioether (sulfide) groups is 1. The molecule has 0 fully saturated rings. The number of rotatable bonds is 4. The number of hydrogen-bond acceptors (Lipinski definition) is 5. The lowest BCUT2D eigenvalue weighted by Gasteiger charge is -1.96. The number of aliphatic hydroxyl groups is 1. The van der Waals surface area contributed by atoms with Gasteiger partial charge in [0.1, 0.15) is 0 Å². The highest BCUT2D eigenvalue weighted by atomic mass is 35.5. The molecule has 1 heterocycles. The van der Waals surface area contributed by atoms with Crippen LogP contribution in [0.2, 0.25) is 5.02 Å². The maximum Gasteiger partial charge on any atom is 0.276 e. The van der Waals surface area contributed by atoms with Crippen LogP contribution in [-0.4, -0.2) is 27.7 Å². The van der Waals surface area contributed by atoms with Gasteiger partial charge in [-0.1, -0.05) is 35.5 Å². The molecule has 2 rings (SSSR count). The van der Waals surface area contributed by atoms with Crippen molar-refractivity contribution in [2.24, 2.45) is 0 Å². The number of aliphatic hydroxyl groups excluding tert-OH is 1. The quantitative estimate of drug-likeness (QED) is 0.852. The Labute approximate surface area is 102 Å². The molecule has 6 heteroatoms. The van der Waals surface area contributed by atoms with Gasteiger partial charge < -0.3 is 9.52 Å². The molecule has 0 saturated carbocycles. The highest BCUT2D eigenvalue weighted by Crippen LogP contribution is 2.28. The standard InChI is InChI=1S/C10H9ClN2O2S/c11-8-4-2-1-3-7(8)9-12-13-10(15-9)16-6-5-14/h1-4,14H,5-6H2. The number of nitrogens with zero attached hydrogens (tertiary/aromatic N) is 2. The normalized spacial score (nSPS) is 10.6. The largest absolute Gasteiger partial charge is 0.411 e. The maximum atomic E-state index is 8.66. The van der Waals surface area contributed by atoms with Gasteiger partial charge >= 0.3 is 0 Å². The van der Waals surface area contributed by atoms with Crippen LogP contribution in [0.4, 0.5) is 0 Å². The lowest BCUT2D eigenvalue weighted by atomic mass is 10.2. The molecule has 0 aliphatic rings. The van der Waals surface area contributed by atoms with E-state index < -0.39 is 0 Å². The first kappa shape index (κ1) is 11.4. The minimum absolute atomic E-state index is 0.0779. The Morgan fingerprint density at radius 2 is 2.12 bits per heavy atom. The number of halogens is 1. The van der Waals surface area contributed by atoms with E-state index >= 15 is 0 Å². The van der Waals surface area contributed by atoms with Crippen molar-refractivity contribution in [3.63, 3.8) is 0 Å². The number of aromatic nitrogens is 2. The minimum atomic E-state index is 0.0779. The summed E-state index contributed by atoms with van der Waals surface area (Å²) < 4.78 is 5.40. The van der Waals surface area contributed by atoms with Gasteiger partial charge in [-0.05, 0) is 12.1 Å². The van der Waals surface area contributed by atoms with Gasteiger partial charge in [0.25, 0.3) is 5.22 Å². The Balaban J connectivity index is 2.22. The third-order valence-electron chi connectivity index (χ3n) is 1.83. The molecule has 0 atom stereocenters. The van der Waals surface area contributed by atoms with Gasteiger partial charge in [0.15, 0.2) is 0 Å². The molecule has 0 saturated heterocycles. The Kier molecular flexibility index (Phi) is 3.82. The summed E-state index contributed by atoms with van der Waals surface area (Å²) in [5.74, 6) is 0.926. The van der Waals surface area contributed by atoms with E-state index in [0.29, 0.717) is 27.5 Å². The number of hydrogen-bond donors (Lipinski definition) is 1. The lowest BCUT2D eigenvalue weighted by molar-refractivity contribution is 0.322. The lowest BCUT2D eigenvalue weighted by Crippen LogP contribution is -1.84. The third kappa shape index (κ3) is 2.55. The van der Waals surface area contributed by atoms with Gasteiger partial charge in [-0.15, -0.1) is 10.2 Å². The van der Waals surface area contributed by atoms with Crippen LogP contribution in [0.15, 0.2) is 33.9 Å². The van der Waals surface area contributed by atoms with E-state index in [1.54, 1.807) is 6.07 Å². The Bertz CT molecular complexity index is 475. The summed E-state index contributed by atoms with van der Waals surface area (Å²) in [4.78, 5) is 0. The van der Waals surface area contributed by atoms with Crippen LogP contribution in [0.1, 0.15) is 0 Å². The van der Waals surface area contributed by atoms with Gasteiger partial charge in [0.2, 0.25) is 5.89 Å². The summed E-state index contributed by atoms with van der Waals surface area (Å²) in [6, 6.07) is 7.27. The summed E-state index contributed by atoms with van der Waals surface area (Å²) in [6.45, 7) is 0.0779. The monoisotopic (exact) mass is 256 g/mol. The Morgan fingerprint density at radius 3 is 2.88 bits per heavy atom. The molecule has 1 aromatic carbocycles. The van der Waals surface area contributed by atoms with Gasteiger partial charge in [0.05, 0.1) is 17.2 Å². The van der Waals surface area contributed by atoms with Crippen LogP contribution in [-0.2, 0) is 0 Å². The van der Waals surface area contributed by atoms with Crippen molar-refractivity contribution in [2.45, 2.75) is 5.22 Å². The Morgan fingerprint density at radius 1 is 1.31 bits per heavy atom. The molecule has 0 aliphatic carbocycles. The van der Waals surface area contributed by atoms with Crippen molar-refractivity contribution in [1.29, 1.82) is 0 Å². The van der Waals surface area contributed by atoms with E-state index in [-0.39, 0.29) is 6.61 Å². The van der Waals surface area contributed by atoms with Gasteiger partial charge in [-0.2, -0.15) is 0 Å². The fraction of sp³-hybridized carbons (Fsp3) is 0.200. The van der Waals surface area contributed by atoms with Gasteiger partial charge in [-0.25, -0.2) is 0 Å². The SMILES string of the molecule is OCCSc1nnc(-c2ccccc2Cl)o1. The average molecular weight is 257 g/mol. The highest BCUT2D eigenvalue weighted by molar-refractivity contribution is 7.99. The molecule has 1 aromatic heterocycles. The predicted octanol–water partition coefficient (Wildman–Crippen LogP) is 2.47. The van der Waals surface area contributed by atoms with E-state index in [0.717, 1.165) is 0 Å². The van der Waals surface area contributed by atoms with E-state index in [1.165, 1.54) is 11.8 Å². The topological polar surface area (TPSA) is 59.2 Å². The summed E-state index contributed by atoms with van der Waals surface area (Å²) in [7, 11) is 0. The van der Waals surface area contributed by atoms with Crippen molar-refractivity contribution >= 4 is 23.4 Å². The van der Waals surface area contributed by atoms with Crippen LogP contribution in [0.5, 0.6) is 0 Å². The van der Waals surface area contributed by atoms with Crippen LogP contribution < -0.4 is 0 Å². The second-order valence-corrected chi connectivity index (χ2v) is 4.38. The van der Waals surface area contributed by atoms with E-state index in [2.05, 4.69) is 10.2 Å². The van der Waals surface area contributed by atoms with Crippen molar-refractivity contribution < 1.29 is 9.52 Å². The maximum absolute atomic E-state index is 8.66. The first-order valence-electron chi connectivity index (χ1n) is 4.63. The molecule has 84 valence electrons. The summed E-state index contributed by atoms with van der Waals surface area (Å²) in [6.07, 6.45) is 0. The Hall–Kier alpha value is -1.04. The van der Waals surface area contributed by atoms with E-state index in [9.17, 15) is 0 Å². The highest BCUT2D eigenvalue weighted by Gasteiger charge is 2.11. The van der Waals surface area contributed by atoms with Crippen molar-refractivity contribution in [1.82, 2.24) is 10.2 Å². The molecule has 0 radical (unpaired) electrons. The van der Waals surface area contributed by atoms with Crippen LogP contribution in [0.3, 0.4) is 0 Å². The second-order valence-electron chi connectivity index (χ2n) is 2.93. The molecule has 0 amide bonds. The minimum Gasteiger partial charge on any atom is -0.411 e. The summed E-state index contributed by atoms with van der Waals surface area (Å²) >= 11 is 7.31. The fourth-order valence-corrected chi connectivity index (χ4v) is 1.86. The van der Waals surface area contributed by atoms with Crippen LogP contribution in [0, 0.1) is 0 Å². The van der Waals surface area contributed by atoms with E-state index in [1.807, 2.05) is 18.2 Å². The van der Waals surface area contributed by atoms with Gasteiger partial charge in [-0.3, -0.25) is 0 Å². The molecule has 1 N–H and O–H groups in total. The molecule has 0 spiro atoms. The zero-order valence-electron chi connectivity index (χ0n) is 8.26. The number of benzene rings is 1. The van der Waals surface area contributed by atoms with E-state index in [4.69, 9.17) is 21.1 Å². The molecule has 0 aliphatic heterocycles. The first-order valence-corrected chi connectivity index (χ1v) is 5.99. The van der Waals surface area contributed by atoms with Crippen LogP contribution >= 0.6 is 23.4 Å². The van der Waals surface area contributed by atoms with Crippen molar-refractivity contribution in [3.8, 4) is 11.5 Å². The summed E-state index contributed by atoms with van der Waals surface area (Å²) in [5, 5.41) is 17.4. The molecule has 0 unspecified atom stereocenters. The molecule has 0 bridgehead atoms. The second kappa shape index (κ2) is 5.34. The van der Waals surface area contributed by atoms with Crippen molar-refractivity contribution in [3.05, 3.63) is 29.3 Å². The zero-order chi connectivity index (χ0) is 11.4. The molecule has 2 aromatic rings. The first-order chi connectivity index (χ1) is 7.81. The van der Waals surface area contributed by atoms with Gasteiger partial charge in [0, 0.05) is 5.75 Å². The molecular formula is C10H9ClN2O2S. The average Bonchev–Trinajstić information content (AvgIpc) is 2.75.